The third-order valence-corrected chi connectivity index (χ3v) is 1.18. The molecule has 3 heteroatoms. The van der Waals surface area contributed by atoms with E-state index in [1.165, 1.54) is 0 Å². The van der Waals surface area contributed by atoms with E-state index in [1.54, 1.807) is 18.9 Å². The molecule has 0 aromatic rings. The second-order valence-electron chi connectivity index (χ2n) is 0.997. The van der Waals surface area contributed by atoms with Gasteiger partial charge in [-0.1, -0.05) is 5.16 Å². The molecule has 0 bridgehead atoms. The van der Waals surface area contributed by atoms with Gasteiger partial charge in [-0.05, 0) is 13.2 Å². The topological polar surface area (TPSA) is 21.6 Å². The van der Waals surface area contributed by atoms with Crippen molar-refractivity contribution in [2.45, 2.75) is 6.92 Å². The summed E-state index contributed by atoms with van der Waals surface area (Å²) in [6.45, 7) is 1.90. The van der Waals surface area contributed by atoms with Gasteiger partial charge in [0.1, 0.15) is 12.2 Å². The van der Waals surface area contributed by atoms with Crippen molar-refractivity contribution in [3.05, 3.63) is 0 Å². The minimum absolute atomic E-state index is 0.947. The molecule has 0 saturated heterocycles. The molecule has 0 spiro atoms. The summed E-state index contributed by atoms with van der Waals surface area (Å²) in [6, 6.07) is 0. The van der Waals surface area contributed by atoms with Gasteiger partial charge in [0.2, 0.25) is 0 Å². The molecule has 0 aromatic heterocycles. The van der Waals surface area contributed by atoms with Crippen LogP contribution in [0.1, 0.15) is 6.92 Å². The van der Waals surface area contributed by atoms with Crippen molar-refractivity contribution in [3.63, 3.8) is 0 Å². The van der Waals surface area contributed by atoms with E-state index in [4.69, 9.17) is 0 Å². The number of hydrogen-bond acceptors (Lipinski definition) is 3. The van der Waals surface area contributed by atoms with Crippen molar-refractivity contribution in [1.82, 2.24) is 0 Å². The highest BCUT2D eigenvalue weighted by Gasteiger charge is 1.80. The predicted molar refractivity (Wildman–Crippen MR) is 33.6 cm³/mol. The van der Waals surface area contributed by atoms with Crippen molar-refractivity contribution < 1.29 is 4.84 Å². The molecule has 0 aliphatic carbocycles. The van der Waals surface area contributed by atoms with Crippen LogP contribution in [0.15, 0.2) is 5.16 Å². The fraction of sp³-hybridized carbons (Fsp3) is 0.750. The monoisotopic (exact) mass is 119 g/mol. The van der Waals surface area contributed by atoms with Gasteiger partial charge in [-0.2, -0.15) is 0 Å². The van der Waals surface area contributed by atoms with E-state index in [2.05, 4.69) is 9.99 Å². The van der Waals surface area contributed by atoms with Crippen LogP contribution in [0.4, 0.5) is 0 Å². The zero-order valence-corrected chi connectivity index (χ0v) is 5.58. The molecular formula is C4H9NOS. The molecule has 0 aromatic carbocycles. The van der Waals surface area contributed by atoms with E-state index in [1.807, 2.05) is 13.2 Å². The second kappa shape index (κ2) is 3.99. The maximum atomic E-state index is 4.46. The fourth-order valence-corrected chi connectivity index (χ4v) is 0.315. The van der Waals surface area contributed by atoms with E-state index in [9.17, 15) is 0 Å². The molecule has 0 rings (SSSR count). The smallest absolute Gasteiger partial charge is 0.109 e. The summed E-state index contributed by atoms with van der Waals surface area (Å²) in [7, 11) is 1.54. The maximum Gasteiger partial charge on any atom is 0.109 e. The Labute approximate surface area is 47.9 Å². The third kappa shape index (κ3) is 3.66. The molecule has 0 fully saturated rings. The first kappa shape index (κ1) is 6.82. The second-order valence-corrected chi connectivity index (χ2v) is 2.00. The minimum atomic E-state index is 0.947. The zero-order valence-electron chi connectivity index (χ0n) is 4.76. The van der Waals surface area contributed by atoms with Gasteiger partial charge in [0, 0.05) is 0 Å². The van der Waals surface area contributed by atoms with Crippen molar-refractivity contribution in [2.75, 3.05) is 13.4 Å². The Kier molecular flexibility index (Phi) is 3.89. The van der Waals surface area contributed by atoms with Crippen LogP contribution in [0.5, 0.6) is 0 Å². The summed E-state index contributed by atoms with van der Waals surface area (Å²) in [5.41, 5.74) is 0. The van der Waals surface area contributed by atoms with Gasteiger partial charge < -0.3 is 4.84 Å². The fourth-order valence-electron chi connectivity index (χ4n) is 0.166. The highest BCUT2D eigenvalue weighted by Crippen LogP contribution is 1.94. The van der Waals surface area contributed by atoms with E-state index in [0.717, 1.165) is 5.04 Å². The van der Waals surface area contributed by atoms with E-state index in [-0.39, 0.29) is 0 Å². The first-order valence-electron chi connectivity index (χ1n) is 1.93. The Morgan fingerprint density at radius 1 is 1.71 bits per heavy atom. The summed E-state index contributed by atoms with van der Waals surface area (Å²) in [6.07, 6.45) is 1.96. The molecule has 0 amide bonds. The Hall–Kier alpha value is -0.180. The van der Waals surface area contributed by atoms with Crippen molar-refractivity contribution in [1.29, 1.82) is 0 Å². The summed E-state index contributed by atoms with van der Waals surface area (Å²) in [5.74, 6) is 0. The summed E-state index contributed by atoms with van der Waals surface area (Å²) >= 11 is 1.57. The molecule has 2 nitrogen and oxygen atoms in total. The minimum Gasteiger partial charge on any atom is -0.399 e. The third-order valence-electron chi connectivity index (χ3n) is 0.515. The zero-order chi connectivity index (χ0) is 5.70. The summed E-state index contributed by atoms with van der Waals surface area (Å²) < 4.78 is 0. The lowest BCUT2D eigenvalue weighted by Gasteiger charge is -1.88. The van der Waals surface area contributed by atoms with Gasteiger partial charge >= 0.3 is 0 Å². The molecule has 0 aliphatic rings. The van der Waals surface area contributed by atoms with Crippen molar-refractivity contribution >= 4 is 16.8 Å². The molecule has 0 saturated carbocycles. The Bertz CT molecular complexity index is 72.1. The van der Waals surface area contributed by atoms with Crippen LogP contribution in [0.2, 0.25) is 0 Å². The average Bonchev–Trinajstić information content (AvgIpc) is 1.68. The molecule has 0 heterocycles. The number of nitrogens with zero attached hydrogens (tertiary/aromatic N) is 1. The molecule has 0 atom stereocenters. The van der Waals surface area contributed by atoms with Crippen LogP contribution in [-0.2, 0) is 4.84 Å². The first-order valence-corrected chi connectivity index (χ1v) is 3.15. The first-order chi connectivity index (χ1) is 3.31. The predicted octanol–water partition coefficient (Wildman–Crippen LogP) is 1.33. The largest absolute Gasteiger partial charge is 0.399 e. The molecule has 42 valence electrons. The Morgan fingerprint density at radius 2 is 2.29 bits per heavy atom. The molecule has 0 unspecified atom stereocenters. The molecule has 0 N–H and O–H groups in total. The van der Waals surface area contributed by atoms with Gasteiger partial charge in [-0.15, -0.1) is 11.8 Å². The van der Waals surface area contributed by atoms with E-state index >= 15 is 0 Å². The molecule has 0 radical (unpaired) electrons. The highest BCUT2D eigenvalue weighted by atomic mass is 32.2. The molecular weight excluding hydrogens is 110 g/mol. The lowest BCUT2D eigenvalue weighted by molar-refractivity contribution is 0.214. The van der Waals surface area contributed by atoms with Crippen LogP contribution >= 0.6 is 11.8 Å². The maximum absolute atomic E-state index is 4.46. The van der Waals surface area contributed by atoms with Gasteiger partial charge in [0.05, 0.1) is 0 Å². The Balaban J connectivity index is 3.29. The average molecular weight is 119 g/mol. The number of rotatable bonds is 1. The quantitative estimate of drug-likeness (QED) is 0.295. The number of hydrogen-bond donors (Lipinski definition) is 0. The standard InChI is InChI=1S/C4H9NOS/c1-4(7-3)5-6-2/h1-3H3/b5-4+. The Morgan fingerprint density at radius 3 is 2.43 bits per heavy atom. The van der Waals surface area contributed by atoms with Crippen molar-refractivity contribution in [2.24, 2.45) is 5.16 Å². The van der Waals surface area contributed by atoms with Gasteiger partial charge in [-0.3, -0.25) is 0 Å². The van der Waals surface area contributed by atoms with E-state index < -0.39 is 0 Å². The normalized spacial score (nSPS) is 11.6. The highest BCUT2D eigenvalue weighted by molar-refractivity contribution is 8.13. The lowest BCUT2D eigenvalue weighted by Crippen LogP contribution is -1.80. The lowest BCUT2D eigenvalue weighted by atomic mass is 10.9. The van der Waals surface area contributed by atoms with Crippen molar-refractivity contribution in [3.8, 4) is 0 Å². The van der Waals surface area contributed by atoms with Gasteiger partial charge in [-0.25, -0.2) is 0 Å². The van der Waals surface area contributed by atoms with Crippen LogP contribution in [0.3, 0.4) is 0 Å². The van der Waals surface area contributed by atoms with Gasteiger partial charge in [0.25, 0.3) is 0 Å². The van der Waals surface area contributed by atoms with E-state index in [0.29, 0.717) is 0 Å². The number of thioether (sulfide) groups is 1. The van der Waals surface area contributed by atoms with Gasteiger partial charge in [0.15, 0.2) is 0 Å². The van der Waals surface area contributed by atoms with Crippen LogP contribution < -0.4 is 0 Å². The van der Waals surface area contributed by atoms with Crippen LogP contribution in [0, 0.1) is 0 Å². The summed E-state index contributed by atoms with van der Waals surface area (Å²) in [4.78, 5) is 4.46. The van der Waals surface area contributed by atoms with Crippen LogP contribution in [-0.4, -0.2) is 18.4 Å². The van der Waals surface area contributed by atoms with Crippen LogP contribution in [0.25, 0.3) is 0 Å². The molecule has 7 heavy (non-hydrogen) atoms. The SMILES string of the molecule is CO/N=C(\C)SC. The summed E-state index contributed by atoms with van der Waals surface area (Å²) in [5, 5.41) is 4.57. The number of oxime groups is 1. The molecule has 0 aliphatic heterocycles.